The van der Waals surface area contributed by atoms with E-state index in [1.807, 2.05) is 30.3 Å². The van der Waals surface area contributed by atoms with E-state index in [1.165, 1.54) is 32.1 Å². The van der Waals surface area contributed by atoms with Crippen molar-refractivity contribution in [3.63, 3.8) is 0 Å². The maximum Gasteiger partial charge on any atom is 0.228 e. The summed E-state index contributed by atoms with van der Waals surface area (Å²) in [4.78, 5) is 18.1. The number of rotatable bonds is 8. The molecule has 1 saturated carbocycles. The SMILES string of the molecule is COc1ccccc1N1CCN(CC(C(=O)NCC2CCCCC2)c2ccccc2)CC1. The minimum Gasteiger partial charge on any atom is -0.495 e. The zero-order chi connectivity index (χ0) is 22.2. The van der Waals surface area contributed by atoms with Gasteiger partial charge in [-0.3, -0.25) is 9.69 Å². The molecule has 32 heavy (non-hydrogen) atoms. The van der Waals surface area contributed by atoms with E-state index < -0.39 is 0 Å². The molecule has 0 radical (unpaired) electrons. The molecule has 1 heterocycles. The molecule has 2 aliphatic rings. The van der Waals surface area contributed by atoms with Gasteiger partial charge in [0.05, 0.1) is 18.7 Å². The highest BCUT2D eigenvalue weighted by molar-refractivity contribution is 5.84. The van der Waals surface area contributed by atoms with E-state index in [2.05, 4.69) is 39.4 Å². The first-order chi connectivity index (χ1) is 15.7. The van der Waals surface area contributed by atoms with E-state index in [1.54, 1.807) is 7.11 Å². The van der Waals surface area contributed by atoms with Gasteiger partial charge in [-0.15, -0.1) is 0 Å². The molecule has 172 valence electrons. The molecule has 0 spiro atoms. The van der Waals surface area contributed by atoms with Crippen LogP contribution in [0.5, 0.6) is 5.75 Å². The maximum atomic E-state index is 13.3. The summed E-state index contributed by atoms with van der Waals surface area (Å²) in [5, 5.41) is 3.30. The lowest BCUT2D eigenvalue weighted by Gasteiger charge is -2.38. The van der Waals surface area contributed by atoms with Crippen LogP contribution in [0.4, 0.5) is 5.69 Å². The maximum absolute atomic E-state index is 13.3. The number of piperazine rings is 1. The second kappa shape index (κ2) is 11.4. The highest BCUT2D eigenvalue weighted by Crippen LogP contribution is 2.29. The third-order valence-electron chi connectivity index (χ3n) is 7.05. The van der Waals surface area contributed by atoms with E-state index in [4.69, 9.17) is 4.74 Å². The average Bonchev–Trinajstić information content (AvgIpc) is 2.87. The lowest BCUT2D eigenvalue weighted by Crippen LogP contribution is -2.49. The van der Waals surface area contributed by atoms with Gasteiger partial charge in [-0.1, -0.05) is 61.7 Å². The highest BCUT2D eigenvalue weighted by Gasteiger charge is 2.27. The lowest BCUT2D eigenvalue weighted by molar-refractivity contribution is -0.123. The van der Waals surface area contributed by atoms with Gasteiger partial charge in [0.2, 0.25) is 5.91 Å². The molecule has 1 saturated heterocycles. The molecule has 1 atom stereocenters. The van der Waals surface area contributed by atoms with Gasteiger partial charge in [0.1, 0.15) is 5.75 Å². The molecule has 4 rings (SSSR count). The number of carbonyl (C=O) groups excluding carboxylic acids is 1. The molecule has 0 aromatic heterocycles. The summed E-state index contributed by atoms with van der Waals surface area (Å²) in [6, 6.07) is 18.5. The minimum atomic E-state index is -0.127. The Morgan fingerprint density at radius 3 is 2.38 bits per heavy atom. The molecule has 1 aliphatic carbocycles. The number of nitrogens with one attached hydrogen (secondary N) is 1. The van der Waals surface area contributed by atoms with Crippen molar-refractivity contribution in [1.29, 1.82) is 0 Å². The van der Waals surface area contributed by atoms with Crippen LogP contribution in [0.1, 0.15) is 43.6 Å². The van der Waals surface area contributed by atoms with Gasteiger partial charge >= 0.3 is 0 Å². The number of benzene rings is 2. The van der Waals surface area contributed by atoms with Crippen LogP contribution in [0.2, 0.25) is 0 Å². The first-order valence-corrected chi connectivity index (χ1v) is 12.2. The second-order valence-electron chi connectivity index (χ2n) is 9.17. The largest absolute Gasteiger partial charge is 0.495 e. The molecule has 5 nitrogen and oxygen atoms in total. The van der Waals surface area contributed by atoms with Crippen molar-refractivity contribution in [2.45, 2.75) is 38.0 Å². The van der Waals surface area contributed by atoms with Gasteiger partial charge in [-0.05, 0) is 36.5 Å². The van der Waals surface area contributed by atoms with Gasteiger partial charge < -0.3 is 15.0 Å². The predicted octanol–water partition coefficient (Wildman–Crippen LogP) is 4.30. The van der Waals surface area contributed by atoms with E-state index in [9.17, 15) is 4.79 Å². The van der Waals surface area contributed by atoms with Gasteiger partial charge in [0, 0.05) is 39.3 Å². The first kappa shape index (κ1) is 22.7. The molecule has 1 N–H and O–H groups in total. The van der Waals surface area contributed by atoms with Crippen molar-refractivity contribution in [3.05, 3.63) is 60.2 Å². The van der Waals surface area contributed by atoms with Crippen LogP contribution < -0.4 is 15.0 Å². The second-order valence-corrected chi connectivity index (χ2v) is 9.17. The Bertz CT molecular complexity index is 843. The Hall–Kier alpha value is -2.53. The lowest BCUT2D eigenvalue weighted by atomic mass is 9.89. The fourth-order valence-electron chi connectivity index (χ4n) is 5.11. The molecule has 5 heteroatoms. The Labute approximate surface area is 192 Å². The predicted molar refractivity (Wildman–Crippen MR) is 130 cm³/mol. The Kier molecular flexibility index (Phi) is 8.05. The van der Waals surface area contributed by atoms with Crippen molar-refractivity contribution >= 4 is 11.6 Å². The number of methoxy groups -OCH3 is 1. The molecular weight excluding hydrogens is 398 g/mol. The van der Waals surface area contributed by atoms with Crippen molar-refractivity contribution < 1.29 is 9.53 Å². The number of anilines is 1. The van der Waals surface area contributed by atoms with E-state index >= 15 is 0 Å². The van der Waals surface area contributed by atoms with Crippen LogP contribution in [0.25, 0.3) is 0 Å². The zero-order valence-electron chi connectivity index (χ0n) is 19.3. The van der Waals surface area contributed by atoms with Gasteiger partial charge in [-0.2, -0.15) is 0 Å². The third-order valence-corrected chi connectivity index (χ3v) is 7.05. The van der Waals surface area contributed by atoms with Crippen molar-refractivity contribution in [2.75, 3.05) is 51.3 Å². The molecule has 1 amide bonds. The normalized spacial score (nSPS) is 18.8. The van der Waals surface area contributed by atoms with Gasteiger partial charge in [0.25, 0.3) is 0 Å². The summed E-state index contributed by atoms with van der Waals surface area (Å²) in [7, 11) is 1.73. The number of nitrogens with zero attached hydrogens (tertiary/aromatic N) is 2. The summed E-state index contributed by atoms with van der Waals surface area (Å²) in [6.45, 7) is 5.34. The summed E-state index contributed by atoms with van der Waals surface area (Å²) in [6.07, 6.45) is 6.46. The number of hydrogen-bond acceptors (Lipinski definition) is 4. The quantitative estimate of drug-likeness (QED) is 0.672. The number of carbonyl (C=O) groups is 1. The molecular formula is C27H37N3O2. The highest BCUT2D eigenvalue weighted by atomic mass is 16.5. The van der Waals surface area contributed by atoms with Gasteiger partial charge in [-0.25, -0.2) is 0 Å². The summed E-state index contributed by atoms with van der Waals surface area (Å²) >= 11 is 0. The smallest absolute Gasteiger partial charge is 0.228 e. The zero-order valence-corrected chi connectivity index (χ0v) is 19.3. The molecule has 0 bridgehead atoms. The number of amides is 1. The standard InChI is InChI=1S/C27H37N3O2/c1-32-26-15-9-8-14-25(26)30-18-16-29(17-19-30)21-24(23-12-6-3-7-13-23)27(31)28-20-22-10-4-2-5-11-22/h3,6-9,12-15,22,24H,2,4-5,10-11,16-21H2,1H3,(H,28,31). The number of hydrogen-bond donors (Lipinski definition) is 1. The molecule has 2 fully saturated rings. The van der Waals surface area contributed by atoms with E-state index in [-0.39, 0.29) is 11.8 Å². The molecule has 1 unspecified atom stereocenters. The fourth-order valence-corrected chi connectivity index (χ4v) is 5.11. The summed E-state index contributed by atoms with van der Waals surface area (Å²) < 4.78 is 5.55. The average molecular weight is 436 g/mol. The van der Waals surface area contributed by atoms with E-state index in [0.717, 1.165) is 56.3 Å². The Balaban J connectivity index is 1.37. The van der Waals surface area contributed by atoms with Crippen LogP contribution in [0.3, 0.4) is 0 Å². The summed E-state index contributed by atoms with van der Waals surface area (Å²) in [5.41, 5.74) is 2.26. The third kappa shape index (κ3) is 5.83. The van der Waals surface area contributed by atoms with Crippen LogP contribution in [0.15, 0.2) is 54.6 Å². The first-order valence-electron chi connectivity index (χ1n) is 12.2. The molecule has 2 aromatic carbocycles. The van der Waals surface area contributed by atoms with Crippen molar-refractivity contribution in [2.24, 2.45) is 5.92 Å². The monoisotopic (exact) mass is 435 g/mol. The Morgan fingerprint density at radius 2 is 1.66 bits per heavy atom. The van der Waals surface area contributed by atoms with Crippen LogP contribution >= 0.6 is 0 Å². The fraction of sp³-hybridized carbons (Fsp3) is 0.519. The molecule has 1 aliphatic heterocycles. The van der Waals surface area contributed by atoms with Crippen molar-refractivity contribution in [3.8, 4) is 5.75 Å². The number of ether oxygens (including phenoxy) is 1. The van der Waals surface area contributed by atoms with Crippen molar-refractivity contribution in [1.82, 2.24) is 10.2 Å². The minimum absolute atomic E-state index is 0.127. The van der Waals surface area contributed by atoms with Gasteiger partial charge in [0.15, 0.2) is 0 Å². The number of para-hydroxylation sites is 2. The van der Waals surface area contributed by atoms with Crippen LogP contribution in [-0.4, -0.2) is 57.2 Å². The topological polar surface area (TPSA) is 44.8 Å². The van der Waals surface area contributed by atoms with Crippen LogP contribution in [0, 0.1) is 5.92 Å². The van der Waals surface area contributed by atoms with Crippen LogP contribution in [-0.2, 0) is 4.79 Å². The van der Waals surface area contributed by atoms with E-state index in [0.29, 0.717) is 5.92 Å². The summed E-state index contributed by atoms with van der Waals surface area (Å²) in [5.74, 6) is 1.62. The molecule has 2 aromatic rings. The Morgan fingerprint density at radius 1 is 0.969 bits per heavy atom.